The number of hydrogen-bond acceptors (Lipinski definition) is 2. The van der Waals surface area contributed by atoms with Crippen LogP contribution >= 0.6 is 0 Å². The molecule has 2 fully saturated rings. The van der Waals surface area contributed by atoms with Crippen LogP contribution in [0.5, 0.6) is 0 Å². The first-order chi connectivity index (χ1) is 5.77. The van der Waals surface area contributed by atoms with Crippen molar-refractivity contribution in [3.8, 4) is 0 Å². The Morgan fingerprint density at radius 2 is 2.08 bits per heavy atom. The van der Waals surface area contributed by atoms with Gasteiger partial charge in [0.05, 0.1) is 0 Å². The van der Waals surface area contributed by atoms with Crippen LogP contribution in [0.1, 0.15) is 12.8 Å². The van der Waals surface area contributed by atoms with E-state index in [1.165, 1.54) is 11.3 Å². The molecule has 0 bridgehead atoms. The van der Waals surface area contributed by atoms with Gasteiger partial charge in [0, 0.05) is 19.1 Å². The zero-order chi connectivity index (χ0) is 8.55. The van der Waals surface area contributed by atoms with Crippen molar-refractivity contribution in [2.75, 3.05) is 26.2 Å². The lowest BCUT2D eigenvalue weighted by Gasteiger charge is -2.36. The molecule has 2 aliphatic rings. The van der Waals surface area contributed by atoms with Gasteiger partial charge in [-0.3, -0.25) is 4.90 Å². The van der Waals surface area contributed by atoms with Gasteiger partial charge in [0.2, 0.25) is 0 Å². The van der Waals surface area contributed by atoms with Crippen molar-refractivity contribution >= 4 is 6.09 Å². The molecule has 0 radical (unpaired) electrons. The number of likely N-dealkylation sites (tertiary alicyclic amines) is 2. The Morgan fingerprint density at radius 3 is 2.50 bits per heavy atom. The molecule has 4 nitrogen and oxygen atoms in total. The molecule has 2 rings (SSSR count). The van der Waals surface area contributed by atoms with E-state index in [1.54, 1.807) is 0 Å². The summed E-state index contributed by atoms with van der Waals surface area (Å²) in [5, 5.41) is 8.71. The molecular formula is C8H14N2O2. The van der Waals surface area contributed by atoms with Crippen LogP contribution in [0.2, 0.25) is 0 Å². The highest BCUT2D eigenvalue weighted by molar-refractivity contribution is 5.65. The first kappa shape index (κ1) is 7.86. The zero-order valence-electron chi connectivity index (χ0n) is 7.07. The highest BCUT2D eigenvalue weighted by atomic mass is 16.4. The molecule has 2 saturated heterocycles. The smallest absolute Gasteiger partial charge is 0.407 e. The van der Waals surface area contributed by atoms with Crippen LogP contribution in [0, 0.1) is 0 Å². The molecule has 1 N–H and O–H groups in total. The van der Waals surface area contributed by atoms with Crippen LogP contribution in [0.15, 0.2) is 0 Å². The number of carbonyl (C=O) groups is 1. The maximum Gasteiger partial charge on any atom is 0.407 e. The Hall–Kier alpha value is -0.770. The highest BCUT2D eigenvalue weighted by Gasteiger charge is 2.32. The minimum absolute atomic E-state index is 0.509. The van der Waals surface area contributed by atoms with Crippen molar-refractivity contribution in [1.29, 1.82) is 0 Å². The Bertz CT molecular complexity index is 191. The molecule has 1 unspecified atom stereocenters. The fraction of sp³-hybridized carbons (Fsp3) is 0.875. The van der Waals surface area contributed by atoms with E-state index in [2.05, 4.69) is 4.90 Å². The summed E-state index contributed by atoms with van der Waals surface area (Å²) in [4.78, 5) is 14.5. The second-order valence-corrected chi connectivity index (χ2v) is 3.56. The van der Waals surface area contributed by atoms with Gasteiger partial charge in [-0.15, -0.1) is 0 Å². The summed E-state index contributed by atoms with van der Waals surface area (Å²) in [7, 11) is 0. The van der Waals surface area contributed by atoms with Crippen LogP contribution in [0.25, 0.3) is 0 Å². The predicted molar refractivity (Wildman–Crippen MR) is 44.2 cm³/mol. The lowest BCUT2D eigenvalue weighted by Crippen LogP contribution is -2.46. The molecule has 12 heavy (non-hydrogen) atoms. The highest BCUT2D eigenvalue weighted by Crippen LogP contribution is 2.20. The summed E-state index contributed by atoms with van der Waals surface area (Å²) < 4.78 is 0. The third-order valence-electron chi connectivity index (χ3n) is 2.84. The van der Waals surface area contributed by atoms with Crippen molar-refractivity contribution in [2.45, 2.75) is 18.9 Å². The Kier molecular flexibility index (Phi) is 1.92. The van der Waals surface area contributed by atoms with E-state index in [9.17, 15) is 4.79 Å². The molecule has 0 aromatic heterocycles. The molecule has 2 heterocycles. The quantitative estimate of drug-likeness (QED) is 0.621. The molecule has 2 aliphatic heterocycles. The van der Waals surface area contributed by atoms with Gasteiger partial charge in [-0.1, -0.05) is 0 Å². The molecule has 68 valence electrons. The van der Waals surface area contributed by atoms with Crippen molar-refractivity contribution in [3.05, 3.63) is 0 Å². The Morgan fingerprint density at radius 1 is 1.33 bits per heavy atom. The number of nitrogens with zero attached hydrogens (tertiary/aromatic N) is 2. The average molecular weight is 170 g/mol. The van der Waals surface area contributed by atoms with Crippen LogP contribution in [-0.4, -0.2) is 53.2 Å². The van der Waals surface area contributed by atoms with Gasteiger partial charge < -0.3 is 10.0 Å². The number of rotatable bonds is 1. The van der Waals surface area contributed by atoms with E-state index < -0.39 is 6.09 Å². The van der Waals surface area contributed by atoms with Crippen molar-refractivity contribution < 1.29 is 9.90 Å². The lowest BCUT2D eigenvalue weighted by molar-refractivity contribution is 0.114. The molecule has 0 aromatic rings. The van der Waals surface area contributed by atoms with E-state index in [1.807, 2.05) is 0 Å². The third kappa shape index (κ3) is 1.27. The molecule has 0 saturated carbocycles. The average Bonchev–Trinajstić information content (AvgIpc) is 2.32. The van der Waals surface area contributed by atoms with E-state index in [0.29, 0.717) is 6.04 Å². The monoisotopic (exact) mass is 170 g/mol. The minimum atomic E-state index is -0.766. The van der Waals surface area contributed by atoms with Gasteiger partial charge in [-0.25, -0.2) is 4.79 Å². The number of amides is 1. The first-order valence-corrected chi connectivity index (χ1v) is 4.49. The van der Waals surface area contributed by atoms with Gasteiger partial charge >= 0.3 is 6.09 Å². The largest absolute Gasteiger partial charge is 0.465 e. The van der Waals surface area contributed by atoms with E-state index in [-0.39, 0.29) is 0 Å². The van der Waals surface area contributed by atoms with Crippen LogP contribution in [0.4, 0.5) is 4.79 Å². The normalized spacial score (nSPS) is 30.3. The summed E-state index contributed by atoms with van der Waals surface area (Å²) in [5.74, 6) is 0. The topological polar surface area (TPSA) is 43.8 Å². The SMILES string of the molecule is O=C(O)N1CCC(N2CCC2)C1. The molecule has 1 atom stereocenters. The van der Waals surface area contributed by atoms with Gasteiger partial charge in [-0.2, -0.15) is 0 Å². The maximum atomic E-state index is 10.6. The lowest BCUT2D eigenvalue weighted by atomic mass is 10.1. The number of carboxylic acid groups (broad SMARTS) is 1. The van der Waals surface area contributed by atoms with Crippen LogP contribution in [-0.2, 0) is 0 Å². The van der Waals surface area contributed by atoms with Gasteiger partial charge in [0.1, 0.15) is 0 Å². The van der Waals surface area contributed by atoms with Gasteiger partial charge in [0.15, 0.2) is 0 Å². The van der Waals surface area contributed by atoms with Gasteiger partial charge in [0.25, 0.3) is 0 Å². The first-order valence-electron chi connectivity index (χ1n) is 4.49. The molecule has 0 aromatic carbocycles. The van der Waals surface area contributed by atoms with E-state index >= 15 is 0 Å². The third-order valence-corrected chi connectivity index (χ3v) is 2.84. The van der Waals surface area contributed by atoms with Crippen molar-refractivity contribution in [1.82, 2.24) is 9.80 Å². The summed E-state index contributed by atoms with van der Waals surface area (Å²) >= 11 is 0. The second kappa shape index (κ2) is 2.94. The second-order valence-electron chi connectivity index (χ2n) is 3.56. The van der Waals surface area contributed by atoms with Gasteiger partial charge in [-0.05, 0) is 25.9 Å². The zero-order valence-corrected chi connectivity index (χ0v) is 7.07. The van der Waals surface area contributed by atoms with Crippen LogP contribution < -0.4 is 0 Å². The van der Waals surface area contributed by atoms with Crippen molar-refractivity contribution in [2.24, 2.45) is 0 Å². The maximum absolute atomic E-state index is 10.6. The Labute approximate surface area is 71.8 Å². The Balaban J connectivity index is 1.84. The summed E-state index contributed by atoms with van der Waals surface area (Å²) in [5.41, 5.74) is 0. The molecular weight excluding hydrogens is 156 g/mol. The minimum Gasteiger partial charge on any atom is -0.465 e. The standard InChI is InChI=1S/C8H14N2O2/c11-8(12)10-5-2-7(6-10)9-3-1-4-9/h7H,1-6H2,(H,11,12). The fourth-order valence-corrected chi connectivity index (χ4v) is 1.92. The fourth-order valence-electron chi connectivity index (χ4n) is 1.92. The van der Waals surface area contributed by atoms with Crippen LogP contribution in [0.3, 0.4) is 0 Å². The molecule has 0 spiro atoms. The molecule has 4 heteroatoms. The van der Waals surface area contributed by atoms with E-state index in [0.717, 1.165) is 32.6 Å². The number of hydrogen-bond donors (Lipinski definition) is 1. The molecule has 0 aliphatic carbocycles. The summed E-state index contributed by atoms with van der Waals surface area (Å²) in [6, 6.07) is 0.509. The predicted octanol–water partition coefficient (Wildman–Crippen LogP) is 0.444. The summed E-state index contributed by atoms with van der Waals surface area (Å²) in [6.45, 7) is 3.77. The van der Waals surface area contributed by atoms with E-state index in [4.69, 9.17) is 5.11 Å². The van der Waals surface area contributed by atoms with Crippen molar-refractivity contribution in [3.63, 3.8) is 0 Å². The summed E-state index contributed by atoms with van der Waals surface area (Å²) in [6.07, 6.45) is 1.54. The molecule has 1 amide bonds.